The molecule has 0 aliphatic carbocycles. The molecule has 0 spiro atoms. The summed E-state index contributed by atoms with van der Waals surface area (Å²) < 4.78 is 0. The molecule has 0 amide bonds. The Morgan fingerprint density at radius 2 is 1.71 bits per heavy atom. The summed E-state index contributed by atoms with van der Waals surface area (Å²) in [5.74, 6) is 4.47. The van der Waals surface area contributed by atoms with Gasteiger partial charge in [0.05, 0.1) is 0 Å². The van der Waals surface area contributed by atoms with Gasteiger partial charge in [-0.25, -0.2) is 0 Å². The summed E-state index contributed by atoms with van der Waals surface area (Å²) in [6, 6.07) is 1.45. The lowest BCUT2D eigenvalue weighted by Gasteiger charge is -2.42. The summed E-state index contributed by atoms with van der Waals surface area (Å²) in [6.07, 6.45) is 2.77. The van der Waals surface area contributed by atoms with Crippen LogP contribution < -0.4 is 10.6 Å². The van der Waals surface area contributed by atoms with Crippen molar-refractivity contribution in [3.63, 3.8) is 0 Å². The Morgan fingerprint density at radius 3 is 2.50 bits per heavy atom. The van der Waals surface area contributed by atoms with Crippen molar-refractivity contribution >= 4 is 0 Å². The zero-order valence-corrected chi connectivity index (χ0v) is 16.0. The number of nitrogens with one attached hydrogen (secondary N) is 2. The van der Waals surface area contributed by atoms with Crippen molar-refractivity contribution in [2.45, 2.75) is 45.7 Å². The average Bonchev–Trinajstić information content (AvgIpc) is 3.14. The molecular formula is C20H38N4. The number of rotatable bonds is 3. The first kappa shape index (κ1) is 17.3. The van der Waals surface area contributed by atoms with E-state index in [1.165, 1.54) is 65.2 Å². The molecule has 24 heavy (non-hydrogen) atoms. The van der Waals surface area contributed by atoms with Crippen LogP contribution in [0.5, 0.6) is 0 Å². The van der Waals surface area contributed by atoms with Crippen LogP contribution in [0.2, 0.25) is 0 Å². The van der Waals surface area contributed by atoms with Crippen molar-refractivity contribution < 1.29 is 0 Å². The zero-order valence-electron chi connectivity index (χ0n) is 16.0. The highest BCUT2D eigenvalue weighted by Gasteiger charge is 2.48. The Labute approximate surface area is 148 Å². The van der Waals surface area contributed by atoms with Crippen LogP contribution in [0.25, 0.3) is 0 Å². The van der Waals surface area contributed by atoms with Crippen LogP contribution in [-0.4, -0.2) is 74.2 Å². The lowest BCUT2D eigenvalue weighted by atomic mass is 9.71. The standard InChI is InChI=1S/C20H38N4/c1-4-23-10-15-5-7-21-9-17(18(15)12-23)20-19-13-24(14(2)3)11-16(19)6-8-22-20/h14-22H,4-13H2,1-3H3. The van der Waals surface area contributed by atoms with Crippen molar-refractivity contribution in [3.05, 3.63) is 0 Å². The minimum atomic E-state index is 0.707. The normalized spacial score (nSPS) is 44.5. The molecule has 6 atom stereocenters. The van der Waals surface area contributed by atoms with E-state index in [0.717, 1.165) is 35.6 Å². The fraction of sp³-hybridized carbons (Fsp3) is 1.00. The number of fused-ring (bicyclic) bond motifs is 2. The van der Waals surface area contributed by atoms with Crippen molar-refractivity contribution in [2.75, 3.05) is 52.4 Å². The lowest BCUT2D eigenvalue weighted by Crippen LogP contribution is -2.54. The minimum absolute atomic E-state index is 0.707. The SMILES string of the molecule is CCN1CC2CCNCC(C3NCCC4CN(C(C)C)CC43)C2C1. The molecular weight excluding hydrogens is 296 g/mol. The van der Waals surface area contributed by atoms with Gasteiger partial charge in [0.25, 0.3) is 0 Å². The highest BCUT2D eigenvalue weighted by Crippen LogP contribution is 2.41. The molecule has 4 saturated heterocycles. The van der Waals surface area contributed by atoms with E-state index in [0.29, 0.717) is 6.04 Å². The molecule has 6 unspecified atom stereocenters. The largest absolute Gasteiger partial charge is 0.316 e. The van der Waals surface area contributed by atoms with Crippen LogP contribution in [0.15, 0.2) is 0 Å². The number of hydrogen-bond acceptors (Lipinski definition) is 4. The molecule has 4 fully saturated rings. The van der Waals surface area contributed by atoms with Crippen LogP contribution in [0, 0.1) is 29.6 Å². The van der Waals surface area contributed by atoms with Gasteiger partial charge in [0, 0.05) is 38.3 Å². The molecule has 0 bridgehead atoms. The van der Waals surface area contributed by atoms with E-state index in [-0.39, 0.29) is 0 Å². The van der Waals surface area contributed by atoms with Crippen molar-refractivity contribution in [2.24, 2.45) is 29.6 Å². The van der Waals surface area contributed by atoms with Crippen molar-refractivity contribution in [1.82, 2.24) is 20.4 Å². The molecule has 0 aromatic rings. The van der Waals surface area contributed by atoms with Gasteiger partial charge >= 0.3 is 0 Å². The third kappa shape index (κ3) is 3.15. The van der Waals surface area contributed by atoms with Crippen molar-refractivity contribution in [1.29, 1.82) is 0 Å². The quantitative estimate of drug-likeness (QED) is 0.818. The summed E-state index contributed by atoms with van der Waals surface area (Å²) in [5, 5.41) is 7.81. The average molecular weight is 335 g/mol. The molecule has 2 N–H and O–H groups in total. The molecule has 4 rings (SSSR count). The van der Waals surface area contributed by atoms with E-state index in [1.807, 2.05) is 0 Å². The second-order valence-electron chi connectivity index (χ2n) is 9.17. The topological polar surface area (TPSA) is 30.5 Å². The van der Waals surface area contributed by atoms with Gasteiger partial charge in [-0.1, -0.05) is 6.92 Å². The van der Waals surface area contributed by atoms with Gasteiger partial charge in [0.2, 0.25) is 0 Å². The molecule has 4 heteroatoms. The molecule has 138 valence electrons. The van der Waals surface area contributed by atoms with Crippen LogP contribution >= 0.6 is 0 Å². The first-order valence-corrected chi connectivity index (χ1v) is 10.6. The third-order valence-corrected chi connectivity index (χ3v) is 7.70. The molecule has 4 aliphatic rings. The van der Waals surface area contributed by atoms with E-state index in [4.69, 9.17) is 0 Å². The highest BCUT2D eigenvalue weighted by atomic mass is 15.2. The minimum Gasteiger partial charge on any atom is -0.316 e. The Hall–Kier alpha value is -0.160. The number of likely N-dealkylation sites (tertiary alicyclic amines) is 2. The Kier molecular flexibility index (Phi) is 5.19. The summed E-state index contributed by atoms with van der Waals surface area (Å²) in [5.41, 5.74) is 0. The summed E-state index contributed by atoms with van der Waals surface area (Å²) in [7, 11) is 0. The maximum Gasteiger partial charge on any atom is 0.0154 e. The highest BCUT2D eigenvalue weighted by molar-refractivity contribution is 5.03. The summed E-state index contributed by atoms with van der Waals surface area (Å²) in [6.45, 7) is 17.4. The second kappa shape index (κ2) is 7.22. The summed E-state index contributed by atoms with van der Waals surface area (Å²) in [4.78, 5) is 5.45. The van der Waals surface area contributed by atoms with E-state index in [9.17, 15) is 0 Å². The molecule has 0 saturated carbocycles. The lowest BCUT2D eigenvalue weighted by molar-refractivity contribution is 0.128. The van der Waals surface area contributed by atoms with Crippen LogP contribution in [0.3, 0.4) is 0 Å². The monoisotopic (exact) mass is 334 g/mol. The van der Waals surface area contributed by atoms with Crippen LogP contribution in [-0.2, 0) is 0 Å². The van der Waals surface area contributed by atoms with Gasteiger partial charge in [-0.2, -0.15) is 0 Å². The van der Waals surface area contributed by atoms with E-state index in [2.05, 4.69) is 41.2 Å². The van der Waals surface area contributed by atoms with Gasteiger partial charge in [0.1, 0.15) is 0 Å². The maximum absolute atomic E-state index is 4.01. The van der Waals surface area contributed by atoms with Gasteiger partial charge in [-0.05, 0) is 82.5 Å². The van der Waals surface area contributed by atoms with Crippen LogP contribution in [0.1, 0.15) is 33.6 Å². The molecule has 0 aromatic heterocycles. The predicted octanol–water partition coefficient (Wildman–Crippen LogP) is 1.48. The number of piperidine rings is 1. The first-order valence-electron chi connectivity index (χ1n) is 10.6. The van der Waals surface area contributed by atoms with E-state index >= 15 is 0 Å². The molecule has 0 radical (unpaired) electrons. The smallest absolute Gasteiger partial charge is 0.0154 e. The van der Waals surface area contributed by atoms with Gasteiger partial charge in [0.15, 0.2) is 0 Å². The molecule has 4 heterocycles. The molecule has 4 aliphatic heterocycles. The number of nitrogens with zero attached hydrogens (tertiary/aromatic N) is 2. The van der Waals surface area contributed by atoms with E-state index < -0.39 is 0 Å². The zero-order chi connectivity index (χ0) is 16.7. The van der Waals surface area contributed by atoms with Crippen molar-refractivity contribution in [3.8, 4) is 0 Å². The maximum atomic E-state index is 4.01. The fourth-order valence-electron chi connectivity index (χ4n) is 6.26. The van der Waals surface area contributed by atoms with Gasteiger partial charge in [-0.3, -0.25) is 0 Å². The Morgan fingerprint density at radius 1 is 0.917 bits per heavy atom. The Balaban J connectivity index is 1.52. The Bertz CT molecular complexity index is 426. The van der Waals surface area contributed by atoms with E-state index in [1.54, 1.807) is 0 Å². The molecule has 0 aromatic carbocycles. The van der Waals surface area contributed by atoms with Gasteiger partial charge in [-0.15, -0.1) is 0 Å². The molecule has 4 nitrogen and oxygen atoms in total. The van der Waals surface area contributed by atoms with Crippen LogP contribution in [0.4, 0.5) is 0 Å². The summed E-state index contributed by atoms with van der Waals surface area (Å²) >= 11 is 0. The first-order chi connectivity index (χ1) is 11.7. The predicted molar refractivity (Wildman–Crippen MR) is 100 cm³/mol. The third-order valence-electron chi connectivity index (χ3n) is 7.70. The fourth-order valence-corrected chi connectivity index (χ4v) is 6.26. The number of hydrogen-bond donors (Lipinski definition) is 2. The van der Waals surface area contributed by atoms with Gasteiger partial charge < -0.3 is 20.4 Å². The second-order valence-corrected chi connectivity index (χ2v) is 9.17.